The van der Waals surface area contributed by atoms with Crippen LogP contribution in [0, 0.1) is 0 Å². The molecular weight excluding hydrogens is 633 g/mol. The fraction of sp³-hybridized carbons (Fsp3) is 0.946. The lowest BCUT2D eigenvalue weighted by atomic mass is 10.0. The summed E-state index contributed by atoms with van der Waals surface area (Å²) in [6.07, 6.45) is 29.2. The van der Waals surface area contributed by atoms with E-state index in [0.29, 0.717) is 12.8 Å². The molecule has 0 aromatic heterocycles. The van der Waals surface area contributed by atoms with E-state index in [4.69, 9.17) is 19.3 Å². The average molecular weight is 708 g/mol. The van der Waals surface area contributed by atoms with Gasteiger partial charge in [-0.25, -0.2) is 4.57 Å². The summed E-state index contributed by atoms with van der Waals surface area (Å²) in [6.45, 7) is 3.45. The van der Waals surface area contributed by atoms with Crippen molar-refractivity contribution >= 4 is 19.8 Å². The van der Waals surface area contributed by atoms with Crippen LogP contribution in [-0.4, -0.2) is 58.9 Å². The van der Waals surface area contributed by atoms with Gasteiger partial charge in [0.15, 0.2) is 12.3 Å². The first-order chi connectivity index (χ1) is 23.2. The number of phosphoric ester groups is 1. The zero-order chi connectivity index (χ0) is 35.6. The van der Waals surface area contributed by atoms with Crippen LogP contribution in [0.3, 0.4) is 0 Å². The number of hydrogen-bond acceptors (Lipinski definition) is 8. The Balaban J connectivity index is 4.33. The quantitative estimate of drug-likeness (QED) is 0.0213. The van der Waals surface area contributed by atoms with Gasteiger partial charge in [-0.3, -0.25) is 19.4 Å². The predicted molar refractivity (Wildman–Crippen MR) is 193 cm³/mol. The molecule has 0 aliphatic rings. The number of esters is 2. The largest absolute Gasteiger partial charge is 0.469 e. The first-order valence-electron chi connectivity index (χ1n) is 19.7. The van der Waals surface area contributed by atoms with Crippen LogP contribution in [0.2, 0.25) is 0 Å². The van der Waals surface area contributed by atoms with Gasteiger partial charge in [0.05, 0.1) is 13.2 Å². The first-order valence-corrected chi connectivity index (χ1v) is 21.2. The average Bonchev–Trinajstić information content (AvgIpc) is 3.05. The Hall–Kier alpha value is -1.03. The van der Waals surface area contributed by atoms with Gasteiger partial charge in [0, 0.05) is 19.4 Å². The Labute approximate surface area is 293 Å². The van der Waals surface area contributed by atoms with Crippen LogP contribution in [0.15, 0.2) is 0 Å². The van der Waals surface area contributed by atoms with Gasteiger partial charge in [-0.05, 0) is 12.8 Å². The van der Waals surface area contributed by atoms with E-state index >= 15 is 0 Å². The third-order valence-corrected chi connectivity index (χ3v) is 9.25. The van der Waals surface area contributed by atoms with E-state index < -0.39 is 38.7 Å². The topological polar surface area (TPSA) is 152 Å². The maximum absolute atomic E-state index is 12.6. The Morgan fingerprint density at radius 3 is 1.23 bits per heavy atom. The van der Waals surface area contributed by atoms with Crippen molar-refractivity contribution in [1.82, 2.24) is 5.32 Å². The van der Waals surface area contributed by atoms with Gasteiger partial charge in [0.1, 0.15) is 0 Å². The van der Waals surface area contributed by atoms with Crippen molar-refractivity contribution in [2.24, 2.45) is 0 Å². The molecule has 0 aliphatic heterocycles. The second-order valence-electron chi connectivity index (χ2n) is 13.4. The maximum Gasteiger partial charge on any atom is 0.469 e. The number of nitrogens with one attached hydrogen (secondary N) is 1. The first kappa shape index (κ1) is 47.0. The lowest BCUT2D eigenvalue weighted by Gasteiger charge is -2.26. The van der Waals surface area contributed by atoms with Gasteiger partial charge in [-0.1, -0.05) is 168 Å². The van der Waals surface area contributed by atoms with Crippen molar-refractivity contribution in [3.05, 3.63) is 0 Å². The lowest BCUT2D eigenvalue weighted by Crippen LogP contribution is -2.48. The highest BCUT2D eigenvalue weighted by atomic mass is 31.2. The molecule has 0 spiro atoms. The molecule has 0 bridgehead atoms. The smallest absolute Gasteiger partial charge is 0.454 e. The summed E-state index contributed by atoms with van der Waals surface area (Å²) in [5.74, 6) is -0.972. The van der Waals surface area contributed by atoms with Gasteiger partial charge < -0.3 is 24.4 Å². The van der Waals surface area contributed by atoms with E-state index in [-0.39, 0.29) is 26.0 Å². The second kappa shape index (κ2) is 34.4. The minimum Gasteiger partial charge on any atom is -0.454 e. The monoisotopic (exact) mass is 708 g/mol. The number of carbonyl (C=O) groups is 2. The molecule has 0 amide bonds. The van der Waals surface area contributed by atoms with Crippen molar-refractivity contribution in [2.75, 3.05) is 19.8 Å². The number of ether oxygens (including phenoxy) is 2. The lowest BCUT2D eigenvalue weighted by molar-refractivity contribution is -0.174. The molecule has 0 saturated carbocycles. The second-order valence-corrected chi connectivity index (χ2v) is 14.6. The minimum atomic E-state index is -4.66. The Morgan fingerprint density at radius 1 is 0.562 bits per heavy atom. The standard InChI is InChI=1S/C37H74NO9P/c1-3-5-7-9-11-13-15-17-19-21-23-25-27-29-35(40)46-34(33-39)37(38-31-32-45-48(42,43)44)47-36(41)30-28-26-24-22-20-18-16-14-12-10-8-6-4-2/h34,37-39H,3-33H2,1-2H3,(H2,42,43,44)/t34-,37?/m0/s1. The molecule has 0 aromatic rings. The summed E-state index contributed by atoms with van der Waals surface area (Å²) < 4.78 is 26.5. The third-order valence-electron chi connectivity index (χ3n) is 8.73. The number of rotatable bonds is 37. The number of aliphatic hydroxyl groups is 1. The highest BCUT2D eigenvalue weighted by Gasteiger charge is 2.28. The molecule has 0 aromatic carbocycles. The Bertz CT molecular complexity index is 780. The summed E-state index contributed by atoms with van der Waals surface area (Å²) in [7, 11) is -4.66. The molecule has 10 nitrogen and oxygen atoms in total. The number of aliphatic hydroxyl groups excluding tert-OH is 1. The highest BCUT2D eigenvalue weighted by Crippen LogP contribution is 2.35. The van der Waals surface area contributed by atoms with Crippen molar-refractivity contribution in [3.63, 3.8) is 0 Å². The number of unbranched alkanes of at least 4 members (excludes halogenated alkanes) is 24. The fourth-order valence-corrected chi connectivity index (χ4v) is 6.14. The fourth-order valence-electron chi connectivity index (χ4n) is 5.81. The van der Waals surface area contributed by atoms with Gasteiger partial charge in [-0.15, -0.1) is 0 Å². The van der Waals surface area contributed by atoms with Crippen LogP contribution in [0.4, 0.5) is 0 Å². The van der Waals surface area contributed by atoms with Crippen molar-refractivity contribution in [3.8, 4) is 0 Å². The SMILES string of the molecule is CCCCCCCCCCCCCCCC(=O)OC(NCCOP(=O)(O)O)[C@H](CO)OC(=O)CCCCCCCCCCCCCCC. The molecule has 4 N–H and O–H groups in total. The van der Waals surface area contributed by atoms with Gasteiger partial charge in [-0.2, -0.15) is 0 Å². The zero-order valence-corrected chi connectivity index (χ0v) is 31.7. The molecule has 0 rings (SSSR count). The third kappa shape index (κ3) is 33.5. The summed E-state index contributed by atoms with van der Waals surface area (Å²) in [5.41, 5.74) is 0. The van der Waals surface area contributed by atoms with Crippen LogP contribution in [-0.2, 0) is 28.2 Å². The van der Waals surface area contributed by atoms with E-state index in [1.165, 1.54) is 116 Å². The molecule has 0 aliphatic carbocycles. The summed E-state index contributed by atoms with van der Waals surface area (Å²) >= 11 is 0. The summed E-state index contributed by atoms with van der Waals surface area (Å²) in [4.78, 5) is 43.0. The van der Waals surface area contributed by atoms with Gasteiger partial charge in [0.2, 0.25) is 0 Å². The predicted octanol–water partition coefficient (Wildman–Crippen LogP) is 9.42. The van der Waals surface area contributed by atoms with Crippen LogP contribution < -0.4 is 5.32 Å². The molecule has 286 valence electrons. The molecule has 48 heavy (non-hydrogen) atoms. The van der Waals surface area contributed by atoms with Crippen LogP contribution in [0.1, 0.15) is 194 Å². The molecule has 11 heteroatoms. The van der Waals surface area contributed by atoms with Crippen molar-refractivity contribution < 1.29 is 43.0 Å². The molecule has 2 atom stereocenters. The van der Waals surface area contributed by atoms with Gasteiger partial charge in [0.25, 0.3) is 0 Å². The molecule has 0 radical (unpaired) electrons. The van der Waals surface area contributed by atoms with Crippen molar-refractivity contribution in [1.29, 1.82) is 0 Å². The normalized spacial score (nSPS) is 13.0. The van der Waals surface area contributed by atoms with Crippen molar-refractivity contribution in [2.45, 2.75) is 206 Å². The summed E-state index contributed by atoms with van der Waals surface area (Å²) in [5, 5.41) is 12.8. The highest BCUT2D eigenvalue weighted by molar-refractivity contribution is 7.46. The van der Waals surface area contributed by atoms with E-state index in [1.54, 1.807) is 0 Å². The molecule has 0 saturated heterocycles. The van der Waals surface area contributed by atoms with Gasteiger partial charge >= 0.3 is 19.8 Å². The van der Waals surface area contributed by atoms with E-state index in [1.807, 2.05) is 0 Å². The maximum atomic E-state index is 12.6. The van der Waals surface area contributed by atoms with Crippen LogP contribution in [0.5, 0.6) is 0 Å². The summed E-state index contributed by atoms with van der Waals surface area (Å²) in [6, 6.07) is 0. The van der Waals surface area contributed by atoms with E-state index in [9.17, 15) is 19.3 Å². The zero-order valence-electron chi connectivity index (χ0n) is 30.8. The van der Waals surface area contributed by atoms with Crippen LogP contribution >= 0.6 is 7.82 Å². The van der Waals surface area contributed by atoms with E-state index in [2.05, 4.69) is 23.7 Å². The molecular formula is C37H74NO9P. The molecule has 0 fully saturated rings. The molecule has 0 heterocycles. The molecule has 1 unspecified atom stereocenters. The number of hydrogen-bond donors (Lipinski definition) is 4. The number of phosphoric acid groups is 1. The Morgan fingerprint density at radius 2 is 0.896 bits per heavy atom. The van der Waals surface area contributed by atoms with E-state index in [0.717, 1.165) is 38.5 Å². The van der Waals surface area contributed by atoms with Crippen LogP contribution in [0.25, 0.3) is 0 Å². The Kier molecular flexibility index (Phi) is 33.7. The minimum absolute atomic E-state index is 0.0886. The number of carbonyl (C=O) groups excluding carboxylic acids is 2.